The van der Waals surface area contributed by atoms with Crippen molar-refractivity contribution >= 4 is 27.5 Å². The molecule has 1 rings (SSSR count). The molecule has 98 valence electrons. The van der Waals surface area contributed by atoms with Crippen LogP contribution < -0.4 is 17.3 Å². The summed E-state index contributed by atoms with van der Waals surface area (Å²) >= 11 is 9.36. The molecular formula is C13H20BrCl2N. The van der Waals surface area contributed by atoms with E-state index in [9.17, 15) is 0 Å². The quantitative estimate of drug-likeness (QED) is 0.688. The van der Waals surface area contributed by atoms with E-state index in [1.807, 2.05) is 0 Å². The molecule has 0 heterocycles. The molecule has 1 aromatic carbocycles. The lowest BCUT2D eigenvalue weighted by Crippen LogP contribution is -3.13. The van der Waals surface area contributed by atoms with Crippen LogP contribution in [0.2, 0.25) is 0 Å². The standard InChI is InChI=1S/C13H19BrClN.ClH/c1-11(2)16(9-5-8-15)10-12-6-3-4-7-13(12)14;/h3-4,6-7,11H,5,8-10H2,1-2H3;1H. The Bertz CT molecular complexity index is 318. The summed E-state index contributed by atoms with van der Waals surface area (Å²) < 4.78 is 1.21. The first-order chi connectivity index (χ1) is 7.65. The third kappa shape index (κ3) is 6.10. The molecule has 1 aromatic rings. The van der Waals surface area contributed by atoms with Crippen molar-refractivity contribution in [3.8, 4) is 0 Å². The third-order valence-electron chi connectivity index (χ3n) is 2.82. The van der Waals surface area contributed by atoms with E-state index in [2.05, 4.69) is 54.0 Å². The number of hydrogen-bond acceptors (Lipinski definition) is 0. The van der Waals surface area contributed by atoms with E-state index in [-0.39, 0.29) is 12.4 Å². The van der Waals surface area contributed by atoms with Gasteiger partial charge in [-0.1, -0.05) is 34.1 Å². The molecule has 0 aromatic heterocycles. The maximum atomic E-state index is 5.76. The van der Waals surface area contributed by atoms with Crippen LogP contribution >= 0.6 is 27.5 Å². The molecular weight excluding hydrogens is 321 g/mol. The molecule has 0 saturated carbocycles. The van der Waals surface area contributed by atoms with Crippen LogP contribution in [-0.2, 0) is 6.54 Å². The van der Waals surface area contributed by atoms with Gasteiger partial charge in [0.2, 0.25) is 0 Å². The fraction of sp³-hybridized carbons (Fsp3) is 0.538. The average molecular weight is 341 g/mol. The Morgan fingerprint density at radius 3 is 2.47 bits per heavy atom. The highest BCUT2D eigenvalue weighted by Crippen LogP contribution is 2.14. The summed E-state index contributed by atoms with van der Waals surface area (Å²) in [5, 5.41) is 0. The fourth-order valence-electron chi connectivity index (χ4n) is 1.76. The van der Waals surface area contributed by atoms with E-state index >= 15 is 0 Å². The first-order valence-corrected chi connectivity index (χ1v) is 7.12. The molecule has 1 nitrogen and oxygen atoms in total. The number of quaternary nitrogens is 1. The van der Waals surface area contributed by atoms with E-state index in [0.29, 0.717) is 6.04 Å². The Balaban J connectivity index is 0.00000256. The minimum Gasteiger partial charge on any atom is -1.00 e. The van der Waals surface area contributed by atoms with Gasteiger partial charge >= 0.3 is 0 Å². The predicted octanol–water partition coefficient (Wildman–Crippen LogP) is -0.125. The summed E-state index contributed by atoms with van der Waals surface area (Å²) in [5.74, 6) is 0.756. The van der Waals surface area contributed by atoms with E-state index in [1.165, 1.54) is 10.0 Å². The first kappa shape index (κ1) is 17.2. The van der Waals surface area contributed by atoms with Crippen molar-refractivity contribution < 1.29 is 17.3 Å². The maximum absolute atomic E-state index is 5.76. The van der Waals surface area contributed by atoms with Crippen molar-refractivity contribution in [3.63, 3.8) is 0 Å². The van der Waals surface area contributed by atoms with Crippen LogP contribution in [0.15, 0.2) is 28.7 Å². The molecule has 4 heteroatoms. The molecule has 17 heavy (non-hydrogen) atoms. The molecule has 0 aliphatic carbocycles. The van der Waals surface area contributed by atoms with Gasteiger partial charge in [-0.05, 0) is 19.9 Å². The van der Waals surface area contributed by atoms with Gasteiger partial charge in [-0.2, -0.15) is 0 Å². The van der Waals surface area contributed by atoms with Crippen molar-refractivity contribution in [1.82, 2.24) is 0 Å². The monoisotopic (exact) mass is 339 g/mol. The van der Waals surface area contributed by atoms with Gasteiger partial charge in [0.05, 0.1) is 12.6 Å². The molecule has 1 N–H and O–H groups in total. The molecule has 0 radical (unpaired) electrons. The highest BCUT2D eigenvalue weighted by Gasteiger charge is 2.14. The number of hydrogen-bond donors (Lipinski definition) is 1. The summed E-state index contributed by atoms with van der Waals surface area (Å²) in [6.45, 7) is 6.74. The largest absolute Gasteiger partial charge is 1.00 e. The second-order valence-corrected chi connectivity index (χ2v) is 5.61. The van der Waals surface area contributed by atoms with Crippen LogP contribution in [0.25, 0.3) is 0 Å². The number of halogens is 3. The van der Waals surface area contributed by atoms with Crippen LogP contribution in [0.3, 0.4) is 0 Å². The van der Waals surface area contributed by atoms with Crippen LogP contribution in [-0.4, -0.2) is 18.5 Å². The smallest absolute Gasteiger partial charge is 0.104 e. The number of rotatable bonds is 6. The summed E-state index contributed by atoms with van der Waals surface area (Å²) in [6, 6.07) is 9.08. The molecule has 1 unspecified atom stereocenters. The summed E-state index contributed by atoms with van der Waals surface area (Å²) in [4.78, 5) is 1.59. The lowest BCUT2D eigenvalue weighted by atomic mass is 10.2. The molecule has 0 fully saturated rings. The third-order valence-corrected chi connectivity index (χ3v) is 3.86. The minimum atomic E-state index is 0. The number of alkyl halides is 1. The van der Waals surface area contributed by atoms with Crippen LogP contribution in [0.1, 0.15) is 25.8 Å². The van der Waals surface area contributed by atoms with Gasteiger partial charge in [-0.25, -0.2) is 0 Å². The average Bonchev–Trinajstić information content (AvgIpc) is 2.26. The Labute approximate surface area is 124 Å². The van der Waals surface area contributed by atoms with Crippen molar-refractivity contribution in [3.05, 3.63) is 34.3 Å². The zero-order chi connectivity index (χ0) is 12.0. The van der Waals surface area contributed by atoms with E-state index in [1.54, 1.807) is 4.90 Å². The predicted molar refractivity (Wildman–Crippen MR) is 74.1 cm³/mol. The number of benzene rings is 1. The number of nitrogens with one attached hydrogen (secondary N) is 1. The Morgan fingerprint density at radius 1 is 1.29 bits per heavy atom. The lowest BCUT2D eigenvalue weighted by molar-refractivity contribution is -0.935. The van der Waals surface area contributed by atoms with Gasteiger partial charge in [0.25, 0.3) is 0 Å². The van der Waals surface area contributed by atoms with Crippen LogP contribution in [0, 0.1) is 0 Å². The zero-order valence-corrected chi connectivity index (χ0v) is 13.4. The van der Waals surface area contributed by atoms with E-state index < -0.39 is 0 Å². The summed E-state index contributed by atoms with van der Waals surface area (Å²) in [6.07, 6.45) is 1.08. The van der Waals surface area contributed by atoms with Gasteiger partial charge in [-0.15, -0.1) is 11.6 Å². The minimum absolute atomic E-state index is 0. The van der Waals surface area contributed by atoms with E-state index in [4.69, 9.17) is 11.6 Å². The van der Waals surface area contributed by atoms with Gasteiger partial charge in [0.1, 0.15) is 6.54 Å². The summed E-state index contributed by atoms with van der Waals surface area (Å²) in [5.41, 5.74) is 1.38. The molecule has 0 amide bonds. The molecule has 0 aliphatic heterocycles. The Morgan fingerprint density at radius 2 is 1.94 bits per heavy atom. The second kappa shape index (κ2) is 9.21. The van der Waals surface area contributed by atoms with Gasteiger partial charge in [0, 0.05) is 22.3 Å². The molecule has 0 spiro atoms. The van der Waals surface area contributed by atoms with Crippen molar-refractivity contribution in [1.29, 1.82) is 0 Å². The highest BCUT2D eigenvalue weighted by molar-refractivity contribution is 9.10. The molecule has 1 atom stereocenters. The van der Waals surface area contributed by atoms with Crippen molar-refractivity contribution in [2.75, 3.05) is 12.4 Å². The van der Waals surface area contributed by atoms with Crippen molar-refractivity contribution in [2.45, 2.75) is 32.9 Å². The van der Waals surface area contributed by atoms with Crippen LogP contribution in [0.4, 0.5) is 0 Å². The second-order valence-electron chi connectivity index (χ2n) is 4.37. The van der Waals surface area contributed by atoms with Gasteiger partial charge < -0.3 is 17.3 Å². The maximum Gasteiger partial charge on any atom is 0.104 e. The Kier molecular flexibility index (Phi) is 9.34. The zero-order valence-electron chi connectivity index (χ0n) is 10.3. The Hall–Kier alpha value is 0.240. The SMILES string of the molecule is CC(C)[NH+](CCCCl)Cc1ccccc1Br.[Cl-]. The van der Waals surface area contributed by atoms with Gasteiger partial charge in [-0.3, -0.25) is 0 Å². The molecule has 0 bridgehead atoms. The topological polar surface area (TPSA) is 4.44 Å². The first-order valence-electron chi connectivity index (χ1n) is 5.79. The van der Waals surface area contributed by atoms with E-state index in [0.717, 1.165) is 25.4 Å². The lowest BCUT2D eigenvalue weighted by Gasteiger charge is -2.23. The normalized spacial score (nSPS) is 12.3. The molecule has 0 saturated heterocycles. The van der Waals surface area contributed by atoms with Gasteiger partial charge in [0.15, 0.2) is 0 Å². The summed E-state index contributed by atoms with van der Waals surface area (Å²) in [7, 11) is 0. The van der Waals surface area contributed by atoms with Crippen molar-refractivity contribution in [2.24, 2.45) is 0 Å². The van der Waals surface area contributed by atoms with Crippen LogP contribution in [0.5, 0.6) is 0 Å². The highest BCUT2D eigenvalue weighted by atomic mass is 79.9. The molecule has 0 aliphatic rings. The fourth-order valence-corrected chi connectivity index (χ4v) is 2.32.